The number of nitrogens with zero attached hydrogens (tertiary/aromatic N) is 3. The molecule has 5 rings (SSSR count). The van der Waals surface area contributed by atoms with Crippen molar-refractivity contribution in [3.8, 4) is 28.3 Å². The molecule has 1 unspecified atom stereocenters. The number of aromatic carboxylic acids is 1. The number of benzene rings is 1. The highest BCUT2D eigenvalue weighted by molar-refractivity contribution is 5.88. The van der Waals surface area contributed by atoms with E-state index in [-0.39, 0.29) is 17.5 Å². The number of aryl methyl sites for hydroxylation is 1. The fourth-order valence-corrected chi connectivity index (χ4v) is 4.80. The van der Waals surface area contributed by atoms with Crippen LogP contribution in [0.4, 0.5) is 0 Å². The van der Waals surface area contributed by atoms with E-state index in [9.17, 15) is 14.7 Å². The van der Waals surface area contributed by atoms with E-state index < -0.39 is 11.4 Å². The van der Waals surface area contributed by atoms with Gasteiger partial charge in [-0.25, -0.2) is 4.79 Å². The van der Waals surface area contributed by atoms with Crippen molar-refractivity contribution >= 4 is 5.97 Å². The lowest BCUT2D eigenvalue weighted by molar-refractivity contribution is 0.0694. The molecule has 0 aliphatic carbocycles. The minimum absolute atomic E-state index is 0.0680. The highest BCUT2D eigenvalue weighted by Gasteiger charge is 2.33. The van der Waals surface area contributed by atoms with Gasteiger partial charge in [0, 0.05) is 54.7 Å². The summed E-state index contributed by atoms with van der Waals surface area (Å²) < 4.78 is 9.83. The Morgan fingerprint density at radius 1 is 1.23 bits per heavy atom. The first-order chi connectivity index (χ1) is 14.4. The van der Waals surface area contributed by atoms with Gasteiger partial charge in [0.1, 0.15) is 11.3 Å². The van der Waals surface area contributed by atoms with Crippen LogP contribution in [0.2, 0.25) is 0 Å². The maximum atomic E-state index is 12.6. The molecule has 2 aliphatic rings. The van der Waals surface area contributed by atoms with Crippen molar-refractivity contribution in [2.24, 2.45) is 13.0 Å². The number of aromatic nitrogens is 3. The van der Waals surface area contributed by atoms with Crippen LogP contribution in [0.5, 0.6) is 5.75 Å². The lowest BCUT2D eigenvalue weighted by atomic mass is 9.82. The molecule has 30 heavy (non-hydrogen) atoms. The third-order valence-corrected chi connectivity index (χ3v) is 6.32. The van der Waals surface area contributed by atoms with Gasteiger partial charge in [-0.15, -0.1) is 0 Å². The Bertz CT molecular complexity index is 1250. The van der Waals surface area contributed by atoms with Crippen molar-refractivity contribution in [3.63, 3.8) is 0 Å². The molecule has 0 radical (unpaired) electrons. The highest BCUT2D eigenvalue weighted by atomic mass is 16.5. The van der Waals surface area contributed by atoms with Gasteiger partial charge >= 0.3 is 5.97 Å². The van der Waals surface area contributed by atoms with Gasteiger partial charge in [-0.3, -0.25) is 9.48 Å². The second-order valence-electron chi connectivity index (χ2n) is 8.36. The Labute approximate surface area is 173 Å². The van der Waals surface area contributed by atoms with E-state index in [4.69, 9.17) is 4.74 Å². The van der Waals surface area contributed by atoms with Crippen molar-refractivity contribution in [3.05, 3.63) is 57.5 Å². The molecule has 0 fully saturated rings. The fourth-order valence-electron chi connectivity index (χ4n) is 4.80. The molecule has 7 nitrogen and oxygen atoms in total. The predicted octanol–water partition coefficient (Wildman–Crippen LogP) is 3.30. The van der Waals surface area contributed by atoms with E-state index in [1.54, 1.807) is 6.20 Å². The normalized spacial score (nSPS) is 16.7. The summed E-state index contributed by atoms with van der Waals surface area (Å²) >= 11 is 0. The molecule has 0 saturated heterocycles. The molecule has 2 aliphatic heterocycles. The molecule has 1 atom stereocenters. The van der Waals surface area contributed by atoms with Crippen LogP contribution in [0.3, 0.4) is 0 Å². The van der Waals surface area contributed by atoms with Crippen LogP contribution in [-0.4, -0.2) is 32.0 Å². The molecule has 4 heterocycles. The Kier molecular flexibility index (Phi) is 4.10. The summed E-state index contributed by atoms with van der Waals surface area (Å²) in [4.78, 5) is 24.2. The van der Waals surface area contributed by atoms with Crippen molar-refractivity contribution in [1.29, 1.82) is 0 Å². The Hall–Kier alpha value is -3.35. The number of fused-ring (bicyclic) bond motifs is 5. The molecule has 2 aromatic heterocycles. The lowest BCUT2D eigenvalue weighted by Crippen LogP contribution is -2.28. The molecule has 0 saturated carbocycles. The predicted molar refractivity (Wildman–Crippen MR) is 112 cm³/mol. The zero-order valence-corrected chi connectivity index (χ0v) is 17.2. The first-order valence-electron chi connectivity index (χ1n) is 10.2. The summed E-state index contributed by atoms with van der Waals surface area (Å²) in [5.74, 6) is -0.0184. The van der Waals surface area contributed by atoms with Gasteiger partial charge < -0.3 is 14.4 Å². The summed E-state index contributed by atoms with van der Waals surface area (Å²) in [5, 5.41) is 13.8. The van der Waals surface area contributed by atoms with Crippen LogP contribution in [0.15, 0.2) is 35.4 Å². The van der Waals surface area contributed by atoms with E-state index >= 15 is 0 Å². The van der Waals surface area contributed by atoms with Gasteiger partial charge in [0.2, 0.25) is 0 Å². The minimum Gasteiger partial charge on any atom is -0.492 e. The highest BCUT2D eigenvalue weighted by Crippen LogP contribution is 2.47. The zero-order valence-electron chi connectivity index (χ0n) is 17.2. The molecule has 7 heteroatoms. The van der Waals surface area contributed by atoms with Gasteiger partial charge in [0.15, 0.2) is 5.43 Å². The van der Waals surface area contributed by atoms with Gasteiger partial charge in [0.25, 0.3) is 0 Å². The van der Waals surface area contributed by atoms with E-state index in [2.05, 4.69) is 25.0 Å². The monoisotopic (exact) mass is 405 g/mol. The summed E-state index contributed by atoms with van der Waals surface area (Å²) in [6, 6.07) is 5.56. The van der Waals surface area contributed by atoms with E-state index in [0.29, 0.717) is 6.61 Å². The number of carbonyl (C=O) groups is 1. The molecule has 1 N–H and O–H groups in total. The molecular formula is C23H23N3O4. The maximum Gasteiger partial charge on any atom is 0.341 e. The van der Waals surface area contributed by atoms with Gasteiger partial charge in [-0.05, 0) is 30.0 Å². The van der Waals surface area contributed by atoms with Crippen LogP contribution in [0.25, 0.3) is 22.5 Å². The van der Waals surface area contributed by atoms with Gasteiger partial charge in [-0.1, -0.05) is 13.8 Å². The molecule has 1 aromatic carbocycles. The average Bonchev–Trinajstić information content (AvgIpc) is 3.35. The number of rotatable bonds is 3. The zero-order chi connectivity index (χ0) is 21.2. The largest absolute Gasteiger partial charge is 0.492 e. The second kappa shape index (κ2) is 6.58. The van der Waals surface area contributed by atoms with Crippen LogP contribution in [0.1, 0.15) is 41.4 Å². The van der Waals surface area contributed by atoms with Crippen molar-refractivity contribution in [2.45, 2.75) is 32.7 Å². The van der Waals surface area contributed by atoms with E-state index in [1.807, 2.05) is 22.4 Å². The smallest absolute Gasteiger partial charge is 0.341 e. The molecule has 3 aromatic rings. The summed E-state index contributed by atoms with van der Waals surface area (Å²) in [6.07, 6.45) is 4.87. The number of hydrogen-bond acceptors (Lipinski definition) is 4. The summed E-state index contributed by atoms with van der Waals surface area (Å²) in [7, 11) is 1.89. The topological polar surface area (TPSA) is 86.3 Å². The number of carboxylic acid groups (broad SMARTS) is 1. The van der Waals surface area contributed by atoms with Crippen LogP contribution >= 0.6 is 0 Å². The van der Waals surface area contributed by atoms with E-state index in [0.717, 1.165) is 41.1 Å². The standard InChI is InChI=1S/C23H23N3O4/c1-12(2)19-9-14-13-5-7-30-22(13)16(18-4-6-24-25(18)3)8-15(14)20-10-21(27)17(23(28)29)11-26(19)20/h4,6,8,10-12,19H,5,7,9H2,1-3H3,(H,28,29). The SMILES string of the molecule is CC(C)C1Cc2c(cc(-c3ccnn3C)c3c2CCO3)-c2cc(=O)c(C(=O)O)cn21. The molecule has 0 spiro atoms. The Morgan fingerprint density at radius 3 is 2.70 bits per heavy atom. The number of pyridine rings is 1. The lowest BCUT2D eigenvalue weighted by Gasteiger charge is -2.34. The van der Waals surface area contributed by atoms with Gasteiger partial charge in [0.05, 0.1) is 18.0 Å². The van der Waals surface area contributed by atoms with Crippen molar-refractivity contribution in [2.75, 3.05) is 6.61 Å². The number of hydrogen-bond donors (Lipinski definition) is 1. The van der Waals surface area contributed by atoms with Crippen LogP contribution in [0, 0.1) is 5.92 Å². The third-order valence-electron chi connectivity index (χ3n) is 6.32. The summed E-state index contributed by atoms with van der Waals surface area (Å²) in [6.45, 7) is 4.88. The number of carboxylic acids is 1. The Morgan fingerprint density at radius 2 is 2.03 bits per heavy atom. The van der Waals surface area contributed by atoms with E-state index in [1.165, 1.54) is 23.4 Å². The van der Waals surface area contributed by atoms with Crippen LogP contribution in [-0.2, 0) is 19.9 Å². The van der Waals surface area contributed by atoms with Gasteiger partial charge in [-0.2, -0.15) is 5.10 Å². The first kappa shape index (κ1) is 18.7. The average molecular weight is 405 g/mol. The van der Waals surface area contributed by atoms with Crippen molar-refractivity contribution in [1.82, 2.24) is 14.3 Å². The Balaban J connectivity index is 1.83. The second-order valence-corrected chi connectivity index (χ2v) is 8.36. The minimum atomic E-state index is -1.19. The molecule has 0 amide bonds. The molecule has 0 bridgehead atoms. The fraction of sp³-hybridized carbons (Fsp3) is 0.348. The number of ether oxygens (including phenoxy) is 1. The third kappa shape index (κ3) is 2.61. The van der Waals surface area contributed by atoms with Crippen molar-refractivity contribution < 1.29 is 14.6 Å². The summed E-state index contributed by atoms with van der Waals surface area (Å²) in [5.41, 5.74) is 5.37. The first-order valence-corrected chi connectivity index (χ1v) is 10.2. The maximum absolute atomic E-state index is 12.6. The quantitative estimate of drug-likeness (QED) is 0.723. The molecular weight excluding hydrogens is 382 g/mol. The van der Waals surface area contributed by atoms with Crippen LogP contribution < -0.4 is 10.2 Å². The molecule has 154 valence electrons.